The van der Waals surface area contributed by atoms with Crippen LogP contribution in [-0.2, 0) is 23.9 Å². The number of hydrogen-bond acceptors (Lipinski definition) is 6. The van der Waals surface area contributed by atoms with E-state index in [2.05, 4.69) is 13.2 Å². The van der Waals surface area contributed by atoms with Gasteiger partial charge in [-0.25, -0.2) is 0 Å². The first kappa shape index (κ1) is 25.4. The average Bonchev–Trinajstić information content (AvgIpc) is 3.40. The minimum atomic E-state index is -1.18. The summed E-state index contributed by atoms with van der Waals surface area (Å²) in [6.45, 7) is 9.38. The number of benzene rings is 1. The number of para-hydroxylation sites is 1. The van der Waals surface area contributed by atoms with Crippen LogP contribution in [0.15, 0.2) is 49.6 Å². The van der Waals surface area contributed by atoms with E-state index >= 15 is 0 Å². The third-order valence-electron chi connectivity index (χ3n) is 7.39. The topological polar surface area (TPSA) is 96.4 Å². The van der Waals surface area contributed by atoms with Crippen molar-refractivity contribution in [3.8, 4) is 0 Å². The summed E-state index contributed by atoms with van der Waals surface area (Å²) in [4.78, 5) is 44.1. The molecule has 188 valence electrons. The molecule has 9 heteroatoms. The van der Waals surface area contributed by atoms with Gasteiger partial charge in [-0.3, -0.25) is 14.4 Å². The quantitative estimate of drug-likeness (QED) is 0.390. The molecular formula is C26H31ClN2O6. The maximum absolute atomic E-state index is 14.2. The molecule has 3 aliphatic heterocycles. The van der Waals surface area contributed by atoms with Crippen LogP contribution >= 0.6 is 11.6 Å². The Bertz CT molecular complexity index is 1050. The fourth-order valence-corrected chi connectivity index (χ4v) is 6.27. The first-order chi connectivity index (χ1) is 16.8. The second kappa shape index (κ2) is 9.76. The van der Waals surface area contributed by atoms with E-state index in [9.17, 15) is 19.5 Å². The molecule has 8 nitrogen and oxygen atoms in total. The maximum atomic E-state index is 14.2. The fraction of sp³-hybridized carbons (Fsp3) is 0.500. The molecule has 3 saturated heterocycles. The highest BCUT2D eigenvalue weighted by atomic mass is 35.5. The number of amides is 2. The molecule has 1 spiro atoms. The van der Waals surface area contributed by atoms with Gasteiger partial charge in [0.15, 0.2) is 0 Å². The van der Waals surface area contributed by atoms with E-state index in [0.717, 1.165) is 0 Å². The van der Waals surface area contributed by atoms with Crippen molar-refractivity contribution in [1.29, 1.82) is 0 Å². The Balaban J connectivity index is 1.79. The largest absolute Gasteiger partial charge is 0.461 e. The van der Waals surface area contributed by atoms with Gasteiger partial charge < -0.3 is 24.4 Å². The Morgan fingerprint density at radius 2 is 2.06 bits per heavy atom. The van der Waals surface area contributed by atoms with Crippen LogP contribution in [0.2, 0.25) is 5.02 Å². The van der Waals surface area contributed by atoms with Crippen molar-refractivity contribution in [2.24, 2.45) is 11.8 Å². The molecule has 35 heavy (non-hydrogen) atoms. The number of aliphatic hydroxyl groups is 1. The molecular weight excluding hydrogens is 472 g/mol. The van der Waals surface area contributed by atoms with E-state index in [1.165, 1.54) is 15.9 Å². The Hall–Kier alpha value is -2.68. The third-order valence-corrected chi connectivity index (χ3v) is 7.71. The lowest BCUT2D eigenvalue weighted by molar-refractivity contribution is -0.158. The van der Waals surface area contributed by atoms with Gasteiger partial charge in [0.25, 0.3) is 5.91 Å². The second-order valence-corrected chi connectivity index (χ2v) is 9.85. The first-order valence-electron chi connectivity index (χ1n) is 11.8. The van der Waals surface area contributed by atoms with Crippen molar-refractivity contribution in [3.63, 3.8) is 0 Å². The molecule has 3 aliphatic rings. The van der Waals surface area contributed by atoms with Gasteiger partial charge in [0.1, 0.15) is 24.2 Å². The van der Waals surface area contributed by atoms with E-state index in [1.807, 2.05) is 6.92 Å². The van der Waals surface area contributed by atoms with Crippen molar-refractivity contribution >= 4 is 35.1 Å². The van der Waals surface area contributed by atoms with E-state index in [0.29, 0.717) is 23.6 Å². The van der Waals surface area contributed by atoms with Crippen LogP contribution in [-0.4, -0.2) is 71.3 Å². The van der Waals surface area contributed by atoms with Crippen molar-refractivity contribution in [2.45, 2.75) is 43.4 Å². The molecule has 3 heterocycles. The number of carbonyl (C=O) groups excluding carboxylic acids is 3. The normalized spacial score (nSPS) is 30.8. The number of esters is 1. The zero-order valence-corrected chi connectivity index (χ0v) is 20.6. The highest BCUT2D eigenvalue weighted by Gasteiger charge is 2.78. The van der Waals surface area contributed by atoms with Gasteiger partial charge in [-0.1, -0.05) is 42.5 Å². The number of aliphatic hydroxyl groups excluding tert-OH is 1. The minimum absolute atomic E-state index is 0.0233. The Morgan fingerprint density at radius 3 is 2.71 bits per heavy atom. The molecule has 0 aromatic heterocycles. The Morgan fingerprint density at radius 1 is 1.31 bits per heavy atom. The van der Waals surface area contributed by atoms with Gasteiger partial charge in [-0.2, -0.15) is 0 Å². The van der Waals surface area contributed by atoms with Crippen LogP contribution in [0, 0.1) is 11.8 Å². The van der Waals surface area contributed by atoms with E-state index in [1.54, 1.807) is 30.3 Å². The van der Waals surface area contributed by atoms with Gasteiger partial charge in [0.05, 0.1) is 22.2 Å². The predicted octanol–water partition coefficient (Wildman–Crippen LogP) is 2.74. The van der Waals surface area contributed by atoms with Gasteiger partial charge >= 0.3 is 5.97 Å². The standard InChI is InChI=1S/C26H31ClN2O6/c1-4-13-28(18-10-7-6-9-17(18)27)23(32)21-26-12-11-25(3,35-26)20(24(33)34-16-5-2)19(26)22(31)29(21)14-8-15-30/h4-7,9-10,19-21,30H,1-2,8,11-16H2,3H3/t19-,20-,21?,25+,26?/m0/s1. The molecule has 0 saturated carbocycles. The Kier molecular flexibility index (Phi) is 7.09. The third kappa shape index (κ3) is 3.97. The van der Waals surface area contributed by atoms with Gasteiger partial charge in [0, 0.05) is 19.7 Å². The zero-order chi connectivity index (χ0) is 25.4. The van der Waals surface area contributed by atoms with Crippen molar-refractivity contribution < 1.29 is 29.0 Å². The highest BCUT2D eigenvalue weighted by molar-refractivity contribution is 6.34. The van der Waals surface area contributed by atoms with Crippen molar-refractivity contribution in [3.05, 3.63) is 54.6 Å². The van der Waals surface area contributed by atoms with Gasteiger partial charge in [-0.05, 0) is 38.3 Å². The number of hydrogen-bond donors (Lipinski definition) is 1. The lowest BCUT2D eigenvalue weighted by Gasteiger charge is -2.37. The van der Waals surface area contributed by atoms with Crippen LogP contribution in [0.4, 0.5) is 5.69 Å². The summed E-state index contributed by atoms with van der Waals surface area (Å²) in [6, 6.07) is 5.99. The molecule has 1 aromatic rings. The minimum Gasteiger partial charge on any atom is -0.461 e. The number of likely N-dealkylation sites (tertiary alicyclic amines) is 1. The second-order valence-electron chi connectivity index (χ2n) is 9.44. The number of fused-ring (bicyclic) bond motifs is 1. The number of ether oxygens (including phenoxy) is 2. The van der Waals surface area contributed by atoms with Crippen molar-refractivity contribution in [1.82, 2.24) is 4.90 Å². The van der Waals surface area contributed by atoms with Crippen LogP contribution in [0.5, 0.6) is 0 Å². The summed E-state index contributed by atoms with van der Waals surface area (Å²) in [5, 5.41) is 9.86. The monoisotopic (exact) mass is 502 g/mol. The summed E-state index contributed by atoms with van der Waals surface area (Å²) in [6.07, 6.45) is 4.30. The Labute approximate surface area is 210 Å². The first-order valence-corrected chi connectivity index (χ1v) is 12.2. The smallest absolute Gasteiger partial charge is 0.313 e. The van der Waals surface area contributed by atoms with E-state index in [4.69, 9.17) is 21.1 Å². The van der Waals surface area contributed by atoms with Crippen LogP contribution in [0.25, 0.3) is 0 Å². The highest BCUT2D eigenvalue weighted by Crippen LogP contribution is 2.63. The lowest BCUT2D eigenvalue weighted by atomic mass is 9.66. The maximum Gasteiger partial charge on any atom is 0.313 e. The predicted molar refractivity (Wildman–Crippen MR) is 131 cm³/mol. The molecule has 1 N–H and O–H groups in total. The number of nitrogens with zero attached hydrogens (tertiary/aromatic N) is 2. The molecule has 2 unspecified atom stereocenters. The fourth-order valence-electron chi connectivity index (χ4n) is 6.03. The van der Waals surface area contributed by atoms with Crippen LogP contribution < -0.4 is 4.90 Å². The molecule has 3 fully saturated rings. The molecule has 4 rings (SSSR count). The number of carbonyl (C=O) groups is 3. The number of rotatable bonds is 10. The van der Waals surface area contributed by atoms with E-state index < -0.39 is 35.0 Å². The molecule has 1 aromatic carbocycles. The molecule has 0 radical (unpaired) electrons. The number of anilines is 1. The summed E-state index contributed by atoms with van der Waals surface area (Å²) in [5.41, 5.74) is -1.61. The van der Waals surface area contributed by atoms with Crippen LogP contribution in [0.1, 0.15) is 26.2 Å². The molecule has 2 amide bonds. The molecule has 0 aliphatic carbocycles. The zero-order valence-electron chi connectivity index (χ0n) is 19.8. The SMILES string of the molecule is C=CCOC(=O)[C@@H]1[C@H]2C(=O)N(CCCO)C(C(=O)N(CC=C)c3ccccc3Cl)C23CC[C@@]1(C)O3. The summed E-state index contributed by atoms with van der Waals surface area (Å²) < 4.78 is 11.9. The van der Waals surface area contributed by atoms with Gasteiger partial charge in [0.2, 0.25) is 5.91 Å². The van der Waals surface area contributed by atoms with Gasteiger partial charge in [-0.15, -0.1) is 6.58 Å². The molecule has 2 bridgehead atoms. The summed E-state index contributed by atoms with van der Waals surface area (Å²) >= 11 is 6.44. The van der Waals surface area contributed by atoms with E-state index in [-0.39, 0.29) is 44.5 Å². The average molecular weight is 503 g/mol. The summed E-state index contributed by atoms with van der Waals surface area (Å²) in [7, 11) is 0. The summed E-state index contributed by atoms with van der Waals surface area (Å²) in [5.74, 6) is -2.93. The van der Waals surface area contributed by atoms with Crippen molar-refractivity contribution in [2.75, 3.05) is 31.2 Å². The number of halogens is 1. The molecule has 5 atom stereocenters. The van der Waals surface area contributed by atoms with Crippen LogP contribution in [0.3, 0.4) is 0 Å². The lowest BCUT2D eigenvalue weighted by Crippen LogP contribution is -2.56.